The second-order valence-electron chi connectivity index (χ2n) is 4.60. The highest BCUT2D eigenvalue weighted by molar-refractivity contribution is 6.30. The minimum absolute atomic E-state index is 0.0390. The second-order valence-corrected chi connectivity index (χ2v) is 5.04. The van der Waals surface area contributed by atoms with Crippen molar-refractivity contribution in [2.75, 3.05) is 18.5 Å². The van der Waals surface area contributed by atoms with Crippen molar-refractivity contribution in [1.82, 2.24) is 0 Å². The van der Waals surface area contributed by atoms with E-state index in [2.05, 4.69) is 0 Å². The van der Waals surface area contributed by atoms with E-state index in [1.807, 2.05) is 11.9 Å². The molecule has 0 bridgehead atoms. The number of benzene rings is 1. The first-order valence-corrected chi connectivity index (χ1v) is 5.54. The Hall–Kier alpha value is -0.770. The van der Waals surface area contributed by atoms with Gasteiger partial charge in [-0.2, -0.15) is 0 Å². The molecule has 0 saturated heterocycles. The predicted octanol–water partition coefficient (Wildman–Crippen LogP) is 2.04. The second kappa shape index (κ2) is 5.04. The van der Waals surface area contributed by atoms with Gasteiger partial charge in [0.15, 0.2) is 0 Å². The highest BCUT2D eigenvalue weighted by Crippen LogP contribution is 2.25. The number of hydrogen-bond acceptors (Lipinski definition) is 3. The molecule has 0 fully saturated rings. The normalized spacial score (nSPS) is 11.6. The van der Waals surface area contributed by atoms with Crippen molar-refractivity contribution in [1.29, 1.82) is 0 Å². The van der Waals surface area contributed by atoms with Gasteiger partial charge < -0.3 is 15.1 Å². The summed E-state index contributed by atoms with van der Waals surface area (Å²) in [4.78, 5) is 1.89. The summed E-state index contributed by atoms with van der Waals surface area (Å²) >= 11 is 5.92. The van der Waals surface area contributed by atoms with Crippen molar-refractivity contribution in [2.45, 2.75) is 26.1 Å². The average Bonchev–Trinajstić information content (AvgIpc) is 2.15. The van der Waals surface area contributed by atoms with E-state index in [0.717, 1.165) is 11.3 Å². The van der Waals surface area contributed by atoms with Gasteiger partial charge in [-0.1, -0.05) is 17.7 Å². The molecule has 0 amide bonds. The first kappa shape index (κ1) is 13.3. The molecule has 0 heterocycles. The number of nitrogens with zero attached hydrogens (tertiary/aromatic N) is 1. The molecule has 0 aromatic heterocycles. The van der Waals surface area contributed by atoms with Gasteiger partial charge >= 0.3 is 0 Å². The molecule has 1 rings (SSSR count). The summed E-state index contributed by atoms with van der Waals surface area (Å²) in [6.45, 7) is 3.92. The zero-order valence-electron chi connectivity index (χ0n) is 9.87. The van der Waals surface area contributed by atoms with Crippen molar-refractivity contribution >= 4 is 17.3 Å². The van der Waals surface area contributed by atoms with Crippen molar-refractivity contribution in [2.24, 2.45) is 0 Å². The molecule has 0 spiro atoms. The maximum Gasteiger partial charge on any atom is 0.0765 e. The van der Waals surface area contributed by atoms with Crippen molar-refractivity contribution in [3.8, 4) is 0 Å². The molecule has 90 valence electrons. The molecule has 0 unspecified atom stereocenters. The standard InChI is InChI=1S/C12H18ClNO2/c1-12(2,16)8-14(3)11-6-10(13)5-4-9(11)7-15/h4-6,15-16H,7-8H2,1-3H3. The lowest BCUT2D eigenvalue weighted by atomic mass is 10.1. The van der Waals surface area contributed by atoms with Crippen LogP contribution in [0.4, 0.5) is 5.69 Å². The van der Waals surface area contributed by atoms with Gasteiger partial charge in [-0.25, -0.2) is 0 Å². The molecular formula is C12H18ClNO2. The van der Waals surface area contributed by atoms with E-state index in [0.29, 0.717) is 11.6 Å². The number of rotatable bonds is 4. The van der Waals surface area contributed by atoms with Gasteiger partial charge in [0.2, 0.25) is 0 Å². The fourth-order valence-electron chi connectivity index (χ4n) is 1.69. The van der Waals surface area contributed by atoms with E-state index in [1.165, 1.54) is 0 Å². The molecular weight excluding hydrogens is 226 g/mol. The molecule has 3 nitrogen and oxygen atoms in total. The van der Waals surface area contributed by atoms with Crippen LogP contribution in [0, 0.1) is 0 Å². The van der Waals surface area contributed by atoms with Crippen molar-refractivity contribution in [3.05, 3.63) is 28.8 Å². The van der Waals surface area contributed by atoms with Crippen LogP contribution in [0.1, 0.15) is 19.4 Å². The third-order valence-electron chi connectivity index (χ3n) is 2.25. The third kappa shape index (κ3) is 3.67. The van der Waals surface area contributed by atoms with Crippen LogP contribution >= 0.6 is 11.6 Å². The molecule has 0 aliphatic rings. The van der Waals surface area contributed by atoms with Gasteiger partial charge in [-0.05, 0) is 26.0 Å². The van der Waals surface area contributed by atoms with Gasteiger partial charge in [0, 0.05) is 29.9 Å². The molecule has 2 N–H and O–H groups in total. The third-order valence-corrected chi connectivity index (χ3v) is 2.49. The first-order valence-electron chi connectivity index (χ1n) is 5.16. The molecule has 4 heteroatoms. The molecule has 0 aliphatic carbocycles. The number of aliphatic hydroxyl groups excluding tert-OH is 1. The highest BCUT2D eigenvalue weighted by Gasteiger charge is 2.17. The first-order chi connectivity index (χ1) is 7.33. The van der Waals surface area contributed by atoms with E-state index < -0.39 is 5.60 Å². The summed E-state index contributed by atoms with van der Waals surface area (Å²) in [6.07, 6.45) is 0. The van der Waals surface area contributed by atoms with E-state index in [1.54, 1.807) is 32.0 Å². The van der Waals surface area contributed by atoms with Crippen LogP contribution in [-0.4, -0.2) is 29.4 Å². The van der Waals surface area contributed by atoms with Gasteiger partial charge in [-0.15, -0.1) is 0 Å². The quantitative estimate of drug-likeness (QED) is 0.851. The maximum absolute atomic E-state index is 9.75. The molecule has 1 aromatic carbocycles. The van der Waals surface area contributed by atoms with E-state index in [9.17, 15) is 10.2 Å². The Morgan fingerprint density at radius 1 is 1.38 bits per heavy atom. The zero-order chi connectivity index (χ0) is 12.3. The summed E-state index contributed by atoms with van der Waals surface area (Å²) in [6, 6.07) is 5.33. The Morgan fingerprint density at radius 3 is 2.50 bits per heavy atom. The predicted molar refractivity (Wildman–Crippen MR) is 66.9 cm³/mol. The Labute approximate surface area is 101 Å². The molecule has 16 heavy (non-hydrogen) atoms. The SMILES string of the molecule is CN(CC(C)(C)O)c1cc(Cl)ccc1CO. The van der Waals surface area contributed by atoms with Crippen LogP contribution in [0.15, 0.2) is 18.2 Å². The van der Waals surface area contributed by atoms with Crippen LogP contribution < -0.4 is 4.90 Å². The van der Waals surface area contributed by atoms with Gasteiger partial charge in [0.1, 0.15) is 0 Å². The number of aliphatic hydroxyl groups is 2. The summed E-state index contributed by atoms with van der Waals surface area (Å²) in [7, 11) is 1.86. The number of anilines is 1. The summed E-state index contributed by atoms with van der Waals surface area (Å²) in [5.41, 5.74) is 0.859. The topological polar surface area (TPSA) is 43.7 Å². The lowest BCUT2D eigenvalue weighted by molar-refractivity contribution is 0.0885. The van der Waals surface area contributed by atoms with Crippen molar-refractivity contribution in [3.63, 3.8) is 0 Å². The lowest BCUT2D eigenvalue weighted by Crippen LogP contribution is -2.36. The lowest BCUT2D eigenvalue weighted by Gasteiger charge is -2.28. The highest BCUT2D eigenvalue weighted by atomic mass is 35.5. The van der Waals surface area contributed by atoms with Crippen LogP contribution in [0.3, 0.4) is 0 Å². The summed E-state index contributed by atoms with van der Waals surface area (Å²) in [5, 5.41) is 19.6. The summed E-state index contributed by atoms with van der Waals surface area (Å²) in [5.74, 6) is 0. The number of hydrogen-bond donors (Lipinski definition) is 2. The molecule has 0 atom stereocenters. The maximum atomic E-state index is 9.75. The van der Waals surface area contributed by atoms with Crippen LogP contribution in [0.25, 0.3) is 0 Å². The smallest absolute Gasteiger partial charge is 0.0765 e. The van der Waals surface area contributed by atoms with Gasteiger partial charge in [-0.3, -0.25) is 0 Å². The van der Waals surface area contributed by atoms with Crippen LogP contribution in [-0.2, 0) is 6.61 Å². The molecule has 0 radical (unpaired) electrons. The Bertz CT molecular complexity index is 361. The number of likely N-dealkylation sites (N-methyl/N-ethyl adjacent to an activating group) is 1. The Balaban J connectivity index is 2.97. The molecule has 0 saturated carbocycles. The Kier molecular flexibility index (Phi) is 4.19. The average molecular weight is 244 g/mol. The summed E-state index contributed by atoms with van der Waals surface area (Å²) < 4.78 is 0. The van der Waals surface area contributed by atoms with E-state index in [4.69, 9.17) is 11.6 Å². The monoisotopic (exact) mass is 243 g/mol. The van der Waals surface area contributed by atoms with E-state index in [-0.39, 0.29) is 6.61 Å². The van der Waals surface area contributed by atoms with Crippen LogP contribution in [0.5, 0.6) is 0 Å². The fraction of sp³-hybridized carbons (Fsp3) is 0.500. The number of halogens is 1. The minimum atomic E-state index is -0.788. The van der Waals surface area contributed by atoms with Gasteiger partial charge in [0.05, 0.1) is 12.2 Å². The fourth-order valence-corrected chi connectivity index (χ4v) is 1.86. The van der Waals surface area contributed by atoms with Crippen molar-refractivity contribution < 1.29 is 10.2 Å². The van der Waals surface area contributed by atoms with E-state index >= 15 is 0 Å². The minimum Gasteiger partial charge on any atom is -0.392 e. The molecule has 1 aromatic rings. The van der Waals surface area contributed by atoms with Crippen LogP contribution in [0.2, 0.25) is 5.02 Å². The molecule has 0 aliphatic heterocycles. The van der Waals surface area contributed by atoms with Gasteiger partial charge in [0.25, 0.3) is 0 Å². The Morgan fingerprint density at radius 2 is 2.00 bits per heavy atom. The zero-order valence-corrected chi connectivity index (χ0v) is 10.6. The largest absolute Gasteiger partial charge is 0.392 e.